The van der Waals surface area contributed by atoms with Crippen molar-refractivity contribution in [3.05, 3.63) is 23.3 Å². The van der Waals surface area contributed by atoms with Gasteiger partial charge < -0.3 is 29.2 Å². The van der Waals surface area contributed by atoms with Gasteiger partial charge in [0.1, 0.15) is 24.7 Å². The minimum absolute atomic E-state index is 0.0804. The van der Waals surface area contributed by atoms with Gasteiger partial charge in [0.05, 0.1) is 50.8 Å². The van der Waals surface area contributed by atoms with Gasteiger partial charge in [0.15, 0.2) is 12.6 Å². The summed E-state index contributed by atoms with van der Waals surface area (Å²) in [6.45, 7) is 1.09. The summed E-state index contributed by atoms with van der Waals surface area (Å²) < 4.78 is 21.0. The van der Waals surface area contributed by atoms with Crippen LogP contribution in [0, 0.1) is 0 Å². The van der Waals surface area contributed by atoms with Crippen LogP contribution in [0.3, 0.4) is 0 Å². The highest BCUT2D eigenvalue weighted by atomic mass is 16.5. The van der Waals surface area contributed by atoms with Gasteiger partial charge in [0, 0.05) is 0 Å². The summed E-state index contributed by atoms with van der Waals surface area (Å²) in [7, 11) is 0. The molecule has 0 spiro atoms. The second kappa shape index (κ2) is 12.4. The molecule has 0 aliphatic rings. The number of aliphatic hydroxyl groups excluding tert-OH is 2. The molecule has 0 aromatic heterocycles. The van der Waals surface area contributed by atoms with Crippen LogP contribution >= 0.6 is 0 Å². The third-order valence-corrected chi connectivity index (χ3v) is 2.84. The number of hydrogen-bond acceptors (Lipinski definition) is 8. The third kappa shape index (κ3) is 7.05. The highest BCUT2D eigenvalue weighted by Gasteiger charge is 2.12. The first-order valence-corrected chi connectivity index (χ1v) is 7.48. The lowest BCUT2D eigenvalue weighted by Gasteiger charge is -2.13. The first kappa shape index (κ1) is 20.0. The van der Waals surface area contributed by atoms with Crippen molar-refractivity contribution >= 4 is 12.6 Å². The van der Waals surface area contributed by atoms with Crippen molar-refractivity contribution in [2.75, 3.05) is 52.9 Å². The van der Waals surface area contributed by atoms with Gasteiger partial charge in [-0.1, -0.05) is 0 Å². The van der Waals surface area contributed by atoms with E-state index in [2.05, 4.69) is 0 Å². The predicted octanol–water partition coefficient (Wildman–Crippen LogP) is 0.0870. The summed E-state index contributed by atoms with van der Waals surface area (Å²) in [5.41, 5.74) is 0.489. The van der Waals surface area contributed by atoms with Crippen molar-refractivity contribution in [2.45, 2.75) is 0 Å². The number of ether oxygens (including phenoxy) is 4. The van der Waals surface area contributed by atoms with Crippen molar-refractivity contribution in [1.29, 1.82) is 0 Å². The van der Waals surface area contributed by atoms with Crippen LogP contribution in [0.5, 0.6) is 11.5 Å². The van der Waals surface area contributed by atoms with E-state index < -0.39 is 0 Å². The third-order valence-electron chi connectivity index (χ3n) is 2.84. The fraction of sp³-hybridized carbons (Fsp3) is 0.500. The molecular formula is C16H22O8. The average molecular weight is 342 g/mol. The van der Waals surface area contributed by atoms with Crippen LogP contribution in [0.25, 0.3) is 0 Å². The van der Waals surface area contributed by atoms with E-state index >= 15 is 0 Å². The van der Waals surface area contributed by atoms with E-state index in [0.717, 1.165) is 0 Å². The highest BCUT2D eigenvalue weighted by Crippen LogP contribution is 2.27. The van der Waals surface area contributed by atoms with Crippen LogP contribution in [0.1, 0.15) is 20.7 Å². The molecule has 0 saturated carbocycles. The Morgan fingerprint density at radius 1 is 0.708 bits per heavy atom. The first-order valence-electron chi connectivity index (χ1n) is 7.48. The number of aliphatic hydroxyl groups is 2. The van der Waals surface area contributed by atoms with Crippen LogP contribution in [-0.2, 0) is 9.47 Å². The molecule has 1 aromatic rings. The lowest BCUT2D eigenvalue weighted by atomic mass is 10.1. The molecule has 0 fully saturated rings. The van der Waals surface area contributed by atoms with Crippen molar-refractivity contribution in [3.63, 3.8) is 0 Å². The van der Waals surface area contributed by atoms with Crippen LogP contribution in [0.2, 0.25) is 0 Å². The Kier molecular flexibility index (Phi) is 10.4. The monoisotopic (exact) mass is 342 g/mol. The molecule has 0 aliphatic heterocycles. The summed E-state index contributed by atoms with van der Waals surface area (Å²) in [6, 6.07) is 2.85. The molecule has 0 saturated heterocycles. The fourth-order valence-corrected chi connectivity index (χ4v) is 1.78. The van der Waals surface area contributed by atoms with Crippen LogP contribution in [0.4, 0.5) is 0 Å². The topological polar surface area (TPSA) is 112 Å². The van der Waals surface area contributed by atoms with E-state index in [0.29, 0.717) is 12.6 Å². The van der Waals surface area contributed by atoms with Crippen LogP contribution in [0.15, 0.2) is 12.1 Å². The quantitative estimate of drug-likeness (QED) is 0.361. The molecule has 0 heterocycles. The predicted molar refractivity (Wildman–Crippen MR) is 84.0 cm³/mol. The largest absolute Gasteiger partial charge is 0.490 e. The zero-order valence-corrected chi connectivity index (χ0v) is 13.3. The van der Waals surface area contributed by atoms with Gasteiger partial charge >= 0.3 is 0 Å². The van der Waals surface area contributed by atoms with E-state index in [1.807, 2.05) is 0 Å². The van der Waals surface area contributed by atoms with E-state index in [-0.39, 0.29) is 75.5 Å². The van der Waals surface area contributed by atoms with E-state index in [1.54, 1.807) is 0 Å². The summed E-state index contributed by atoms with van der Waals surface area (Å²) in [4.78, 5) is 22.4. The minimum atomic E-state index is -0.0804. The number of hydrogen-bond donors (Lipinski definition) is 2. The molecule has 0 unspecified atom stereocenters. The molecule has 24 heavy (non-hydrogen) atoms. The SMILES string of the molecule is O=Cc1cc(OCCOCCO)c(C=O)cc1OCCOCCO. The maximum absolute atomic E-state index is 11.2. The molecule has 0 bridgehead atoms. The van der Waals surface area contributed by atoms with Gasteiger partial charge in [-0.25, -0.2) is 0 Å². The van der Waals surface area contributed by atoms with Gasteiger partial charge in [0.25, 0.3) is 0 Å². The lowest BCUT2D eigenvalue weighted by Crippen LogP contribution is -2.12. The molecule has 1 aromatic carbocycles. The Bertz CT molecular complexity index is 457. The van der Waals surface area contributed by atoms with Crippen molar-refractivity contribution < 1.29 is 38.7 Å². The van der Waals surface area contributed by atoms with Gasteiger partial charge in [-0.3, -0.25) is 9.59 Å². The van der Waals surface area contributed by atoms with Crippen molar-refractivity contribution in [2.24, 2.45) is 0 Å². The Morgan fingerprint density at radius 2 is 1.12 bits per heavy atom. The van der Waals surface area contributed by atoms with Crippen LogP contribution in [-0.4, -0.2) is 75.6 Å². The normalized spacial score (nSPS) is 10.4. The number of rotatable bonds is 14. The summed E-state index contributed by atoms with van der Waals surface area (Å²) in [5.74, 6) is 0.507. The van der Waals surface area contributed by atoms with E-state index in [9.17, 15) is 9.59 Å². The maximum atomic E-state index is 11.2. The fourth-order valence-electron chi connectivity index (χ4n) is 1.78. The molecular weight excluding hydrogens is 320 g/mol. The molecule has 8 heteroatoms. The number of carbonyl (C=O) groups is 2. The lowest BCUT2D eigenvalue weighted by molar-refractivity contribution is 0.0692. The molecule has 134 valence electrons. The highest BCUT2D eigenvalue weighted by molar-refractivity contribution is 5.87. The smallest absolute Gasteiger partial charge is 0.153 e. The minimum Gasteiger partial charge on any atom is -0.490 e. The van der Waals surface area contributed by atoms with Gasteiger partial charge in [0.2, 0.25) is 0 Å². The van der Waals surface area contributed by atoms with E-state index in [4.69, 9.17) is 29.2 Å². The Hall–Kier alpha value is -2.00. The first-order chi connectivity index (χ1) is 11.8. The Morgan fingerprint density at radius 3 is 1.46 bits per heavy atom. The van der Waals surface area contributed by atoms with Gasteiger partial charge in [-0.2, -0.15) is 0 Å². The van der Waals surface area contributed by atoms with E-state index in [1.165, 1.54) is 12.1 Å². The van der Waals surface area contributed by atoms with Crippen LogP contribution < -0.4 is 9.47 Å². The zero-order chi connectivity index (χ0) is 17.6. The maximum Gasteiger partial charge on any atom is 0.153 e. The van der Waals surface area contributed by atoms with Crippen molar-refractivity contribution in [1.82, 2.24) is 0 Å². The molecule has 0 atom stereocenters. The molecule has 8 nitrogen and oxygen atoms in total. The second-order valence-corrected chi connectivity index (χ2v) is 4.53. The molecule has 2 N–H and O–H groups in total. The molecule has 0 amide bonds. The zero-order valence-electron chi connectivity index (χ0n) is 13.3. The average Bonchev–Trinajstić information content (AvgIpc) is 2.61. The molecule has 0 aliphatic carbocycles. The summed E-state index contributed by atoms with van der Waals surface area (Å²) in [6.07, 6.45) is 1.21. The second-order valence-electron chi connectivity index (χ2n) is 4.53. The van der Waals surface area contributed by atoms with Gasteiger partial charge in [-0.15, -0.1) is 0 Å². The molecule has 1 rings (SSSR count). The Labute approximate surface area is 139 Å². The van der Waals surface area contributed by atoms with Crippen molar-refractivity contribution in [3.8, 4) is 11.5 Å². The number of aldehydes is 2. The molecule has 0 radical (unpaired) electrons. The summed E-state index contributed by atoms with van der Waals surface area (Å²) >= 11 is 0. The Balaban J connectivity index is 2.66. The standard InChI is InChI=1S/C16H22O8/c17-1-3-21-5-7-23-15-9-14(12-20)16(10-13(15)11-19)24-8-6-22-4-2-18/h9-12,17-18H,1-8H2. The summed E-state index contributed by atoms with van der Waals surface area (Å²) in [5, 5.41) is 17.2. The van der Waals surface area contributed by atoms with Gasteiger partial charge in [-0.05, 0) is 12.1 Å². The number of carbonyl (C=O) groups excluding carboxylic acids is 2. The number of benzene rings is 1.